The topological polar surface area (TPSA) is 84.0 Å². The zero-order valence-corrected chi connectivity index (χ0v) is 21.5. The molecule has 9 heteroatoms. The SMILES string of the molecule is Cc1cc(OC(=O)[C@@H]2CC(=O)N(c3cccc(Cl)c3Cl)C2)ccc1N1C(=O)[C@@H]2CC[C@@H](C)C[C@H]2C1=O. The van der Waals surface area contributed by atoms with Crippen molar-refractivity contribution in [3.05, 3.63) is 52.0 Å². The van der Waals surface area contributed by atoms with Gasteiger partial charge in [0.25, 0.3) is 0 Å². The van der Waals surface area contributed by atoms with E-state index in [9.17, 15) is 19.2 Å². The molecule has 188 valence electrons. The van der Waals surface area contributed by atoms with Crippen LogP contribution in [-0.4, -0.2) is 30.2 Å². The monoisotopic (exact) mass is 528 g/mol. The zero-order valence-electron chi connectivity index (χ0n) is 20.0. The Morgan fingerprint density at radius 1 is 1.00 bits per heavy atom. The van der Waals surface area contributed by atoms with E-state index in [-0.39, 0.29) is 53.3 Å². The third-order valence-electron chi connectivity index (χ3n) is 7.50. The molecule has 7 nitrogen and oxygen atoms in total. The molecule has 4 atom stereocenters. The smallest absolute Gasteiger partial charge is 0.316 e. The van der Waals surface area contributed by atoms with Crippen LogP contribution in [0.15, 0.2) is 36.4 Å². The van der Waals surface area contributed by atoms with Gasteiger partial charge in [-0.1, -0.05) is 36.2 Å². The number of esters is 1. The number of imide groups is 1. The highest BCUT2D eigenvalue weighted by atomic mass is 35.5. The average Bonchev–Trinajstić information content (AvgIpc) is 3.33. The summed E-state index contributed by atoms with van der Waals surface area (Å²) < 4.78 is 5.58. The van der Waals surface area contributed by atoms with E-state index in [2.05, 4.69) is 6.92 Å². The minimum atomic E-state index is -0.667. The number of hydrogen-bond acceptors (Lipinski definition) is 5. The number of fused-ring (bicyclic) bond motifs is 1. The molecule has 2 aliphatic heterocycles. The lowest BCUT2D eigenvalue weighted by molar-refractivity contribution is -0.139. The van der Waals surface area contributed by atoms with E-state index in [1.807, 2.05) is 0 Å². The maximum atomic E-state index is 13.1. The first-order valence-electron chi connectivity index (χ1n) is 12.1. The highest BCUT2D eigenvalue weighted by Gasteiger charge is 2.50. The number of nitrogens with zero attached hydrogens (tertiary/aromatic N) is 2. The number of halogens is 2. The van der Waals surface area contributed by atoms with Crippen LogP contribution in [0.25, 0.3) is 0 Å². The van der Waals surface area contributed by atoms with Crippen molar-refractivity contribution in [2.75, 3.05) is 16.3 Å². The molecule has 0 unspecified atom stereocenters. The molecule has 3 aliphatic rings. The number of anilines is 2. The van der Waals surface area contributed by atoms with Crippen LogP contribution in [0.1, 0.15) is 38.2 Å². The fourth-order valence-electron chi connectivity index (χ4n) is 5.57. The maximum absolute atomic E-state index is 13.1. The van der Waals surface area contributed by atoms with Crippen molar-refractivity contribution in [3.8, 4) is 5.75 Å². The first-order valence-corrected chi connectivity index (χ1v) is 12.9. The van der Waals surface area contributed by atoms with Crippen molar-refractivity contribution in [2.45, 2.75) is 39.5 Å². The number of rotatable bonds is 4. The summed E-state index contributed by atoms with van der Waals surface area (Å²) in [6, 6.07) is 9.86. The van der Waals surface area contributed by atoms with Crippen LogP contribution < -0.4 is 14.5 Å². The summed E-state index contributed by atoms with van der Waals surface area (Å²) in [6.07, 6.45) is 2.42. The standard InChI is InChI=1S/C27H26Cl2N2O5/c1-14-6-8-18-19(10-14)26(34)31(25(18)33)21-9-7-17(11-15(21)2)36-27(35)16-12-23(32)30(13-16)22-5-3-4-20(28)24(22)29/h3-5,7,9,11,14,16,18-19H,6,8,10,12-13H2,1-2H3/t14-,16-,18-,19-/m1/s1. The molecular weight excluding hydrogens is 503 g/mol. The minimum absolute atomic E-state index is 0.00325. The van der Waals surface area contributed by atoms with Gasteiger partial charge in [0.1, 0.15) is 5.75 Å². The van der Waals surface area contributed by atoms with Gasteiger partial charge in [0.05, 0.1) is 39.2 Å². The largest absolute Gasteiger partial charge is 0.426 e. The molecule has 3 amide bonds. The summed E-state index contributed by atoms with van der Waals surface area (Å²) in [4.78, 5) is 54.3. The van der Waals surface area contributed by atoms with Crippen LogP contribution in [0.5, 0.6) is 5.75 Å². The highest BCUT2D eigenvalue weighted by molar-refractivity contribution is 6.44. The predicted molar refractivity (Wildman–Crippen MR) is 136 cm³/mol. The van der Waals surface area contributed by atoms with Gasteiger partial charge in [0.2, 0.25) is 17.7 Å². The van der Waals surface area contributed by atoms with Gasteiger partial charge in [-0.15, -0.1) is 0 Å². The third kappa shape index (κ3) is 4.28. The molecule has 2 heterocycles. The van der Waals surface area contributed by atoms with E-state index in [1.165, 1.54) is 9.80 Å². The summed E-state index contributed by atoms with van der Waals surface area (Å²) in [5, 5.41) is 0.584. The lowest BCUT2D eigenvalue weighted by Crippen LogP contribution is -2.31. The number of carbonyl (C=O) groups is 4. The van der Waals surface area contributed by atoms with Gasteiger partial charge < -0.3 is 9.64 Å². The van der Waals surface area contributed by atoms with Crippen molar-refractivity contribution in [3.63, 3.8) is 0 Å². The van der Waals surface area contributed by atoms with Crippen LogP contribution in [0.2, 0.25) is 10.0 Å². The molecule has 0 bridgehead atoms. The van der Waals surface area contributed by atoms with Gasteiger partial charge in [0.15, 0.2) is 0 Å². The van der Waals surface area contributed by atoms with Crippen LogP contribution in [0.3, 0.4) is 0 Å². The van der Waals surface area contributed by atoms with Crippen molar-refractivity contribution in [2.24, 2.45) is 23.7 Å². The molecule has 5 rings (SSSR count). The van der Waals surface area contributed by atoms with Crippen molar-refractivity contribution < 1.29 is 23.9 Å². The normalized spacial score (nSPS) is 25.9. The first kappa shape index (κ1) is 24.8. The fraction of sp³-hybridized carbons (Fsp3) is 0.407. The van der Waals surface area contributed by atoms with Crippen molar-refractivity contribution in [1.82, 2.24) is 0 Å². The van der Waals surface area contributed by atoms with Gasteiger partial charge in [0, 0.05) is 13.0 Å². The Kier molecular flexibility index (Phi) is 6.55. The van der Waals surface area contributed by atoms with E-state index in [0.29, 0.717) is 27.9 Å². The van der Waals surface area contributed by atoms with Crippen LogP contribution in [0, 0.1) is 30.6 Å². The molecule has 2 aromatic rings. The second-order valence-electron chi connectivity index (χ2n) is 9.99. The molecule has 0 radical (unpaired) electrons. The van der Waals surface area contributed by atoms with Crippen molar-refractivity contribution >= 4 is 58.3 Å². The van der Waals surface area contributed by atoms with Crippen molar-refractivity contribution in [1.29, 1.82) is 0 Å². The Morgan fingerprint density at radius 2 is 1.75 bits per heavy atom. The van der Waals surface area contributed by atoms with Gasteiger partial charge in [-0.05, 0) is 68.0 Å². The van der Waals surface area contributed by atoms with Gasteiger partial charge in [-0.2, -0.15) is 0 Å². The maximum Gasteiger partial charge on any atom is 0.316 e. The Balaban J connectivity index is 1.29. The quantitative estimate of drug-likeness (QED) is 0.310. The van der Waals surface area contributed by atoms with E-state index in [1.54, 1.807) is 43.3 Å². The van der Waals surface area contributed by atoms with Gasteiger partial charge in [-0.25, -0.2) is 4.90 Å². The molecule has 36 heavy (non-hydrogen) atoms. The highest BCUT2D eigenvalue weighted by Crippen LogP contribution is 2.43. The molecule has 0 spiro atoms. The lowest BCUT2D eigenvalue weighted by atomic mass is 9.76. The Hall–Kier alpha value is -2.90. The molecular formula is C27H26Cl2N2O5. The first-order chi connectivity index (χ1) is 17.2. The van der Waals surface area contributed by atoms with Crippen LogP contribution in [-0.2, 0) is 19.2 Å². The number of aryl methyl sites for hydroxylation is 1. The fourth-order valence-corrected chi connectivity index (χ4v) is 5.97. The Morgan fingerprint density at radius 3 is 2.50 bits per heavy atom. The minimum Gasteiger partial charge on any atom is -0.426 e. The van der Waals surface area contributed by atoms with E-state index >= 15 is 0 Å². The van der Waals surface area contributed by atoms with Crippen LogP contribution in [0.4, 0.5) is 11.4 Å². The van der Waals surface area contributed by atoms with Gasteiger partial charge >= 0.3 is 5.97 Å². The number of hydrogen-bond donors (Lipinski definition) is 0. The zero-order chi connectivity index (χ0) is 25.7. The van der Waals surface area contributed by atoms with Crippen LogP contribution >= 0.6 is 23.2 Å². The molecule has 3 fully saturated rings. The second-order valence-corrected chi connectivity index (χ2v) is 10.8. The molecule has 0 N–H and O–H groups in total. The molecule has 0 aromatic heterocycles. The molecule has 1 saturated carbocycles. The number of amides is 3. The van der Waals surface area contributed by atoms with Gasteiger partial charge in [-0.3, -0.25) is 19.2 Å². The van der Waals surface area contributed by atoms with E-state index in [0.717, 1.165) is 19.3 Å². The van der Waals surface area contributed by atoms with E-state index in [4.69, 9.17) is 27.9 Å². The molecule has 1 aliphatic carbocycles. The molecule has 2 saturated heterocycles. The second kappa shape index (κ2) is 9.52. The summed E-state index contributed by atoms with van der Waals surface area (Å²) in [6.45, 7) is 4.03. The lowest BCUT2D eigenvalue weighted by Gasteiger charge is -2.25. The average molecular weight is 529 g/mol. The third-order valence-corrected chi connectivity index (χ3v) is 8.30. The summed E-state index contributed by atoms with van der Waals surface area (Å²) in [7, 11) is 0. The summed E-state index contributed by atoms with van der Waals surface area (Å²) in [5.74, 6) is -1.52. The Bertz CT molecular complexity index is 1280. The number of benzene rings is 2. The summed E-state index contributed by atoms with van der Waals surface area (Å²) in [5.41, 5.74) is 1.63. The summed E-state index contributed by atoms with van der Waals surface area (Å²) >= 11 is 12.3. The molecule has 2 aromatic carbocycles. The van der Waals surface area contributed by atoms with E-state index < -0.39 is 11.9 Å². The Labute approximate surface area is 219 Å². The number of ether oxygens (including phenoxy) is 1. The number of carbonyl (C=O) groups excluding carboxylic acids is 4. The predicted octanol–water partition coefficient (Wildman–Crippen LogP) is 5.19.